The summed E-state index contributed by atoms with van der Waals surface area (Å²) in [6, 6.07) is 13.8. The third-order valence-corrected chi connectivity index (χ3v) is 3.97. The van der Waals surface area contributed by atoms with Crippen molar-refractivity contribution in [1.82, 2.24) is 9.78 Å². The van der Waals surface area contributed by atoms with Gasteiger partial charge in [-0.25, -0.2) is 4.68 Å². The Balaban J connectivity index is 1.91. The molecule has 0 radical (unpaired) electrons. The Morgan fingerprint density at radius 1 is 1.04 bits per heavy atom. The van der Waals surface area contributed by atoms with Crippen molar-refractivity contribution in [3.8, 4) is 5.69 Å². The summed E-state index contributed by atoms with van der Waals surface area (Å²) in [5.74, 6) is -0.499. The maximum absolute atomic E-state index is 12.8. The first kappa shape index (κ1) is 17.7. The van der Waals surface area contributed by atoms with E-state index in [0.717, 1.165) is 17.8 Å². The molecule has 1 amide bonds. The number of carbonyl (C=O) groups is 1. The van der Waals surface area contributed by atoms with Crippen LogP contribution in [-0.2, 0) is 6.18 Å². The molecule has 4 nitrogen and oxygen atoms in total. The Bertz CT molecular complexity index is 946. The maximum atomic E-state index is 12.8. The minimum Gasteiger partial charge on any atom is -0.322 e. The van der Waals surface area contributed by atoms with Crippen LogP contribution in [0.2, 0.25) is 0 Å². The molecule has 0 unspecified atom stereocenters. The van der Waals surface area contributed by atoms with E-state index < -0.39 is 17.6 Å². The number of para-hydroxylation sites is 1. The molecule has 2 aromatic carbocycles. The fourth-order valence-corrected chi connectivity index (χ4v) is 2.76. The number of hydrogen-bond acceptors (Lipinski definition) is 2. The monoisotopic (exact) mass is 359 g/mol. The average molecular weight is 359 g/mol. The number of hydrogen-bond donors (Lipinski definition) is 1. The van der Waals surface area contributed by atoms with Crippen molar-refractivity contribution in [3.05, 3.63) is 77.1 Å². The highest BCUT2D eigenvalue weighted by Gasteiger charge is 2.30. The van der Waals surface area contributed by atoms with Crippen LogP contribution in [-0.4, -0.2) is 15.7 Å². The van der Waals surface area contributed by atoms with Crippen molar-refractivity contribution < 1.29 is 18.0 Å². The van der Waals surface area contributed by atoms with E-state index in [4.69, 9.17) is 0 Å². The van der Waals surface area contributed by atoms with Gasteiger partial charge < -0.3 is 5.32 Å². The molecule has 0 spiro atoms. The van der Waals surface area contributed by atoms with Crippen LogP contribution in [0.5, 0.6) is 0 Å². The number of anilines is 1. The van der Waals surface area contributed by atoms with Gasteiger partial charge in [0.2, 0.25) is 0 Å². The number of aryl methyl sites for hydroxylation is 1. The number of rotatable bonds is 3. The number of nitrogens with one attached hydrogen (secondary N) is 1. The van der Waals surface area contributed by atoms with E-state index in [9.17, 15) is 18.0 Å². The molecule has 134 valence electrons. The zero-order valence-corrected chi connectivity index (χ0v) is 14.1. The van der Waals surface area contributed by atoms with Crippen LogP contribution in [0.25, 0.3) is 5.69 Å². The van der Waals surface area contributed by atoms with Gasteiger partial charge in [0.25, 0.3) is 5.91 Å². The molecule has 0 aliphatic carbocycles. The first-order valence-electron chi connectivity index (χ1n) is 7.87. The topological polar surface area (TPSA) is 46.9 Å². The summed E-state index contributed by atoms with van der Waals surface area (Å²) < 4.78 is 40.1. The number of carbonyl (C=O) groups excluding carboxylic acids is 1. The molecule has 26 heavy (non-hydrogen) atoms. The molecule has 0 saturated heterocycles. The van der Waals surface area contributed by atoms with Crippen molar-refractivity contribution in [2.45, 2.75) is 20.0 Å². The number of aromatic nitrogens is 2. The maximum Gasteiger partial charge on any atom is 0.416 e. The zero-order valence-electron chi connectivity index (χ0n) is 14.1. The molecular formula is C19H16F3N3O. The molecule has 3 aromatic rings. The van der Waals surface area contributed by atoms with Gasteiger partial charge >= 0.3 is 6.18 Å². The van der Waals surface area contributed by atoms with Crippen LogP contribution >= 0.6 is 0 Å². The Hall–Kier alpha value is -3.09. The van der Waals surface area contributed by atoms with Gasteiger partial charge in [-0.05, 0) is 44.2 Å². The smallest absolute Gasteiger partial charge is 0.322 e. The van der Waals surface area contributed by atoms with Crippen molar-refractivity contribution in [2.75, 3.05) is 5.32 Å². The summed E-state index contributed by atoms with van der Waals surface area (Å²) in [6.07, 6.45) is -4.47. The number of alkyl halides is 3. The third kappa shape index (κ3) is 3.46. The number of amides is 1. The van der Waals surface area contributed by atoms with E-state index >= 15 is 0 Å². The second kappa shape index (κ2) is 6.67. The lowest BCUT2D eigenvalue weighted by molar-refractivity contribution is -0.137. The normalized spacial score (nSPS) is 11.4. The van der Waals surface area contributed by atoms with Gasteiger partial charge in [0.15, 0.2) is 0 Å². The lowest BCUT2D eigenvalue weighted by Gasteiger charge is -2.10. The van der Waals surface area contributed by atoms with Gasteiger partial charge in [0.1, 0.15) is 0 Å². The molecule has 0 aliphatic heterocycles. The minimum atomic E-state index is -4.47. The van der Waals surface area contributed by atoms with E-state index in [1.807, 2.05) is 30.3 Å². The van der Waals surface area contributed by atoms with Crippen LogP contribution in [0.15, 0.2) is 54.6 Å². The lowest BCUT2D eigenvalue weighted by atomic mass is 10.1. The first-order chi connectivity index (χ1) is 12.3. The van der Waals surface area contributed by atoms with E-state index in [1.165, 1.54) is 12.1 Å². The molecule has 0 bridgehead atoms. The molecule has 7 heteroatoms. The minimum absolute atomic E-state index is 0.0797. The lowest BCUT2D eigenvalue weighted by Crippen LogP contribution is -2.15. The first-order valence-corrected chi connectivity index (χ1v) is 7.87. The Kier molecular flexibility index (Phi) is 4.54. The van der Waals surface area contributed by atoms with Gasteiger partial charge in [-0.3, -0.25) is 4.79 Å². The van der Waals surface area contributed by atoms with E-state index in [2.05, 4.69) is 10.4 Å². The van der Waals surface area contributed by atoms with Gasteiger partial charge in [0, 0.05) is 5.69 Å². The molecule has 1 aromatic heterocycles. The molecular weight excluding hydrogens is 343 g/mol. The van der Waals surface area contributed by atoms with Gasteiger partial charge in [-0.15, -0.1) is 0 Å². The Labute approximate surface area is 148 Å². The number of nitrogens with zero attached hydrogens (tertiary/aromatic N) is 2. The van der Waals surface area contributed by atoms with Crippen molar-refractivity contribution >= 4 is 11.6 Å². The summed E-state index contributed by atoms with van der Waals surface area (Å²) in [4.78, 5) is 12.6. The number of halogens is 3. The van der Waals surface area contributed by atoms with Crippen LogP contribution in [0.3, 0.4) is 0 Å². The largest absolute Gasteiger partial charge is 0.416 e. The van der Waals surface area contributed by atoms with Crippen molar-refractivity contribution in [3.63, 3.8) is 0 Å². The Morgan fingerprint density at radius 2 is 1.73 bits per heavy atom. The second-order valence-corrected chi connectivity index (χ2v) is 5.83. The Morgan fingerprint density at radius 3 is 2.38 bits per heavy atom. The van der Waals surface area contributed by atoms with E-state index in [-0.39, 0.29) is 5.69 Å². The standard InChI is InChI=1S/C19H16F3N3O/c1-12-17(13(2)25(24-12)16-9-4-3-5-10-16)18(26)23-15-8-6-7-14(11-15)19(20,21)22/h3-11H,1-2H3,(H,23,26). The summed E-state index contributed by atoms with van der Waals surface area (Å²) >= 11 is 0. The molecule has 1 heterocycles. The summed E-state index contributed by atoms with van der Waals surface area (Å²) in [5.41, 5.74) is 1.51. The van der Waals surface area contributed by atoms with Crippen LogP contribution in [0.4, 0.5) is 18.9 Å². The molecule has 0 fully saturated rings. The van der Waals surface area contributed by atoms with Gasteiger partial charge in [0.05, 0.1) is 28.2 Å². The summed E-state index contributed by atoms with van der Waals surface area (Å²) in [5, 5.41) is 6.90. The highest BCUT2D eigenvalue weighted by molar-refractivity contribution is 6.06. The summed E-state index contributed by atoms with van der Waals surface area (Å²) in [7, 11) is 0. The van der Waals surface area contributed by atoms with Crippen LogP contribution < -0.4 is 5.32 Å². The van der Waals surface area contributed by atoms with Crippen molar-refractivity contribution in [2.24, 2.45) is 0 Å². The second-order valence-electron chi connectivity index (χ2n) is 5.83. The average Bonchev–Trinajstić information content (AvgIpc) is 2.89. The molecule has 0 atom stereocenters. The molecule has 1 N–H and O–H groups in total. The van der Waals surface area contributed by atoms with E-state index in [1.54, 1.807) is 18.5 Å². The molecule has 0 saturated carbocycles. The predicted molar refractivity (Wildman–Crippen MR) is 92.4 cm³/mol. The number of benzene rings is 2. The van der Waals surface area contributed by atoms with Crippen LogP contribution in [0, 0.1) is 13.8 Å². The summed E-state index contributed by atoms with van der Waals surface area (Å²) in [6.45, 7) is 3.43. The predicted octanol–water partition coefficient (Wildman–Crippen LogP) is 4.76. The third-order valence-electron chi connectivity index (χ3n) is 3.97. The van der Waals surface area contributed by atoms with Crippen LogP contribution in [0.1, 0.15) is 27.3 Å². The zero-order chi connectivity index (χ0) is 18.9. The fraction of sp³-hybridized carbons (Fsp3) is 0.158. The fourth-order valence-electron chi connectivity index (χ4n) is 2.76. The quantitative estimate of drug-likeness (QED) is 0.733. The SMILES string of the molecule is Cc1nn(-c2ccccc2)c(C)c1C(=O)Nc1cccc(C(F)(F)F)c1. The molecule has 0 aliphatic rings. The van der Waals surface area contributed by atoms with Crippen molar-refractivity contribution in [1.29, 1.82) is 0 Å². The molecule has 3 rings (SSSR count). The van der Waals surface area contributed by atoms with E-state index in [0.29, 0.717) is 17.0 Å². The highest BCUT2D eigenvalue weighted by atomic mass is 19.4. The van der Waals surface area contributed by atoms with Gasteiger partial charge in [-0.1, -0.05) is 24.3 Å². The van der Waals surface area contributed by atoms with Gasteiger partial charge in [-0.2, -0.15) is 18.3 Å². The highest BCUT2D eigenvalue weighted by Crippen LogP contribution is 2.31.